The topological polar surface area (TPSA) is 98.6 Å². The Kier molecular flexibility index (Phi) is 5.86. The average Bonchev–Trinajstić information content (AvgIpc) is 3.01. The van der Waals surface area contributed by atoms with Crippen molar-refractivity contribution in [3.63, 3.8) is 0 Å². The fraction of sp³-hybridized carbons (Fsp3) is 0.136. The van der Waals surface area contributed by atoms with E-state index in [4.69, 9.17) is 15.3 Å². The molecule has 138 valence electrons. The number of phenolic OH excluding ortho intramolecular Hbond substituents is 1. The number of benzene rings is 2. The van der Waals surface area contributed by atoms with Crippen molar-refractivity contribution >= 4 is 11.9 Å². The minimum atomic E-state index is -0.268. The predicted octanol–water partition coefficient (Wildman–Crippen LogP) is 2.00. The number of ether oxygens (including phenoxy) is 1. The largest absolute Gasteiger partial charge is 0.507 e. The summed E-state index contributed by atoms with van der Waals surface area (Å²) >= 11 is 0. The molecule has 0 bridgehead atoms. The summed E-state index contributed by atoms with van der Waals surface area (Å²) in [6.07, 6.45) is 5.18. The Morgan fingerprint density at radius 2 is 1.79 bits per heavy atom. The molecule has 6 heteroatoms. The highest BCUT2D eigenvalue weighted by molar-refractivity contribution is 6.12. The molecule has 1 heterocycles. The number of nitrogens with zero attached hydrogens (tertiary/aromatic N) is 2. The van der Waals surface area contributed by atoms with Crippen LogP contribution >= 0.6 is 0 Å². The molecule has 28 heavy (non-hydrogen) atoms. The molecule has 0 saturated carbocycles. The second kappa shape index (κ2) is 8.68. The Labute approximate surface area is 162 Å². The Bertz CT molecular complexity index is 1010. The molecule has 0 unspecified atom stereocenters. The van der Waals surface area contributed by atoms with Crippen molar-refractivity contribution < 1.29 is 19.5 Å². The van der Waals surface area contributed by atoms with Crippen LogP contribution in [0.4, 0.5) is 0 Å². The van der Waals surface area contributed by atoms with Gasteiger partial charge in [-0.15, -0.1) is 0 Å². The molecule has 0 amide bonds. The van der Waals surface area contributed by atoms with Crippen molar-refractivity contribution in [2.45, 2.75) is 6.54 Å². The number of hydrogen-bond acceptors (Lipinski definition) is 5. The van der Waals surface area contributed by atoms with Gasteiger partial charge in [0.1, 0.15) is 24.4 Å². The van der Waals surface area contributed by atoms with Gasteiger partial charge in [0.25, 0.3) is 0 Å². The fourth-order valence-corrected chi connectivity index (χ4v) is 2.95. The van der Waals surface area contributed by atoms with Crippen LogP contribution < -0.4 is 9.64 Å². The number of allylic oxidation sites excluding steroid dienone is 3. The lowest BCUT2D eigenvalue weighted by Crippen LogP contribution is -3.10. The maximum absolute atomic E-state index is 12.6. The van der Waals surface area contributed by atoms with Crippen LogP contribution in [0.2, 0.25) is 0 Å². The van der Waals surface area contributed by atoms with Gasteiger partial charge in [0, 0.05) is 0 Å². The number of aromatic hydroxyl groups is 1. The van der Waals surface area contributed by atoms with Gasteiger partial charge in [-0.2, -0.15) is 10.5 Å². The monoisotopic (exact) mass is 372 g/mol. The summed E-state index contributed by atoms with van der Waals surface area (Å²) in [4.78, 5) is 13.3. The minimum absolute atomic E-state index is 0.0268. The number of quaternary nitrogens is 1. The minimum Gasteiger partial charge on any atom is -0.507 e. The van der Waals surface area contributed by atoms with Gasteiger partial charge in [-0.3, -0.25) is 4.79 Å². The van der Waals surface area contributed by atoms with Crippen LogP contribution in [0, 0.1) is 22.7 Å². The van der Waals surface area contributed by atoms with Crippen LogP contribution in [-0.4, -0.2) is 24.0 Å². The maximum Gasteiger partial charge on any atom is 0.231 e. The fourth-order valence-electron chi connectivity index (χ4n) is 2.95. The van der Waals surface area contributed by atoms with Crippen molar-refractivity contribution in [2.24, 2.45) is 0 Å². The zero-order chi connectivity index (χ0) is 19.9. The van der Waals surface area contributed by atoms with Crippen molar-refractivity contribution in [1.29, 1.82) is 10.5 Å². The van der Waals surface area contributed by atoms with E-state index < -0.39 is 0 Å². The molecule has 0 aromatic heterocycles. The second-order valence-electron chi connectivity index (χ2n) is 6.27. The molecule has 0 radical (unpaired) electrons. The maximum atomic E-state index is 12.6. The number of Topliss-reactive ketones (excluding diaryl/α,β-unsaturated/α-hetero) is 1. The second-order valence-corrected chi connectivity index (χ2v) is 6.27. The van der Waals surface area contributed by atoms with Gasteiger partial charge in [0.2, 0.25) is 5.78 Å². The molecule has 3 rings (SSSR count). The van der Waals surface area contributed by atoms with Crippen LogP contribution in [0.25, 0.3) is 6.08 Å². The number of ketones is 1. The first-order valence-electron chi connectivity index (χ1n) is 8.72. The van der Waals surface area contributed by atoms with Gasteiger partial charge in [-0.05, 0) is 23.8 Å². The molecule has 1 aliphatic heterocycles. The smallest absolute Gasteiger partial charge is 0.231 e. The summed E-state index contributed by atoms with van der Waals surface area (Å²) in [6, 6.07) is 16.7. The zero-order valence-electron chi connectivity index (χ0n) is 15.1. The highest BCUT2D eigenvalue weighted by Crippen LogP contribution is 2.38. The van der Waals surface area contributed by atoms with E-state index in [0.717, 1.165) is 5.56 Å². The number of nitriles is 2. The molecule has 2 aromatic rings. The predicted molar refractivity (Wildman–Crippen MR) is 102 cm³/mol. The number of nitrogens with one attached hydrogen (secondary N) is 1. The number of hydrogen-bond donors (Lipinski definition) is 2. The van der Waals surface area contributed by atoms with Gasteiger partial charge < -0.3 is 14.7 Å². The quantitative estimate of drug-likeness (QED) is 0.597. The summed E-state index contributed by atoms with van der Waals surface area (Å²) < 4.78 is 5.75. The molecule has 2 N–H and O–H groups in total. The molecule has 0 saturated heterocycles. The third-order valence-electron chi connectivity index (χ3n) is 4.34. The molecule has 0 fully saturated rings. The third-order valence-corrected chi connectivity index (χ3v) is 4.34. The first-order valence-corrected chi connectivity index (χ1v) is 8.72. The van der Waals surface area contributed by atoms with Crippen LogP contribution in [0.1, 0.15) is 21.5 Å². The lowest BCUT2D eigenvalue weighted by atomic mass is 10.0. The average molecular weight is 372 g/mol. The zero-order valence-corrected chi connectivity index (χ0v) is 15.1. The van der Waals surface area contributed by atoms with Gasteiger partial charge in [0.15, 0.2) is 24.6 Å². The first kappa shape index (κ1) is 18.9. The molecule has 2 aromatic carbocycles. The first-order chi connectivity index (χ1) is 13.6. The number of carbonyl (C=O) groups is 1. The standard InChI is InChI=1S/C22H17N3O3/c23-11-13-25(14-12-24)15-18-19(26)10-9-17-21(27)20(28-22(17)18)8-4-7-16-5-2-1-3-6-16/h1-10,26H,13-15H2/p+1/b7-4+,20-8-. The Morgan fingerprint density at radius 1 is 1.07 bits per heavy atom. The van der Waals surface area contributed by atoms with Gasteiger partial charge in [0.05, 0.1) is 11.1 Å². The van der Waals surface area contributed by atoms with E-state index in [-0.39, 0.29) is 42.7 Å². The Morgan fingerprint density at radius 3 is 2.46 bits per heavy atom. The van der Waals surface area contributed by atoms with E-state index in [1.54, 1.807) is 12.2 Å². The highest BCUT2D eigenvalue weighted by Gasteiger charge is 2.32. The van der Waals surface area contributed by atoms with Crippen LogP contribution in [0.5, 0.6) is 11.5 Å². The highest BCUT2D eigenvalue weighted by atomic mass is 16.5. The SMILES string of the molecule is N#CC[NH+](CC#N)Cc1c(O)ccc2c1O/C(=C\C=C\c1ccccc1)C2=O. The van der Waals surface area contributed by atoms with E-state index in [9.17, 15) is 9.90 Å². The van der Waals surface area contributed by atoms with Crippen LogP contribution in [0.15, 0.2) is 60.4 Å². The van der Waals surface area contributed by atoms with Crippen molar-refractivity contribution in [3.05, 3.63) is 77.1 Å². The third kappa shape index (κ3) is 4.09. The summed E-state index contributed by atoms with van der Waals surface area (Å²) in [5, 5.41) is 28.1. The number of phenols is 1. The van der Waals surface area contributed by atoms with Crippen LogP contribution in [0.3, 0.4) is 0 Å². The molecular formula is C22H18N3O3+. The normalized spacial score (nSPS) is 14.1. The molecule has 0 spiro atoms. The van der Waals surface area contributed by atoms with E-state index in [2.05, 4.69) is 0 Å². The van der Waals surface area contributed by atoms with Crippen molar-refractivity contribution in [2.75, 3.05) is 13.1 Å². The van der Waals surface area contributed by atoms with E-state index >= 15 is 0 Å². The number of carbonyl (C=O) groups excluding carboxylic acids is 1. The summed E-state index contributed by atoms with van der Waals surface area (Å²) in [6.45, 7) is 0.413. The summed E-state index contributed by atoms with van der Waals surface area (Å²) in [5.41, 5.74) is 1.77. The van der Waals surface area contributed by atoms with Gasteiger partial charge >= 0.3 is 0 Å². The van der Waals surface area contributed by atoms with Crippen molar-refractivity contribution in [3.8, 4) is 23.6 Å². The van der Waals surface area contributed by atoms with E-state index in [1.165, 1.54) is 12.1 Å². The Hall–Kier alpha value is -3.87. The molecular weight excluding hydrogens is 354 g/mol. The summed E-state index contributed by atoms with van der Waals surface area (Å²) in [7, 11) is 0. The molecule has 6 nitrogen and oxygen atoms in total. The van der Waals surface area contributed by atoms with Gasteiger partial charge in [-0.25, -0.2) is 0 Å². The lowest BCUT2D eigenvalue weighted by molar-refractivity contribution is -0.899. The Balaban J connectivity index is 1.86. The molecule has 1 aliphatic rings. The van der Waals surface area contributed by atoms with E-state index in [1.807, 2.05) is 48.5 Å². The van der Waals surface area contributed by atoms with Gasteiger partial charge in [-0.1, -0.05) is 42.5 Å². The van der Waals surface area contributed by atoms with E-state index in [0.29, 0.717) is 16.0 Å². The molecule has 0 aliphatic carbocycles. The molecule has 0 atom stereocenters. The number of fused-ring (bicyclic) bond motifs is 1. The lowest BCUT2D eigenvalue weighted by Gasteiger charge is -2.15. The van der Waals surface area contributed by atoms with Crippen molar-refractivity contribution in [1.82, 2.24) is 0 Å². The number of rotatable bonds is 6. The van der Waals surface area contributed by atoms with Crippen LogP contribution in [-0.2, 0) is 6.54 Å². The summed E-state index contributed by atoms with van der Waals surface area (Å²) in [5.74, 6) is 0.158.